The molecule has 0 saturated carbocycles. The number of halogens is 6. The van der Waals surface area contributed by atoms with Crippen molar-refractivity contribution in [2.75, 3.05) is 5.73 Å². The monoisotopic (exact) mass is 245 g/mol. The Kier molecular flexibility index (Phi) is 3.20. The summed E-state index contributed by atoms with van der Waals surface area (Å²) in [7, 11) is 0. The van der Waals surface area contributed by atoms with Crippen molar-refractivity contribution in [3.63, 3.8) is 0 Å². The maximum absolute atomic E-state index is 13.1. The number of rotatable bonds is 2. The fourth-order valence-corrected chi connectivity index (χ4v) is 0.978. The van der Waals surface area contributed by atoms with Crippen molar-refractivity contribution in [3.05, 3.63) is 23.5 Å². The zero-order valence-electron chi connectivity index (χ0n) is 7.49. The second-order valence-corrected chi connectivity index (χ2v) is 2.74. The van der Waals surface area contributed by atoms with E-state index in [1.165, 1.54) is 0 Å². The maximum atomic E-state index is 13.1. The molecule has 2 nitrogen and oxygen atoms in total. The van der Waals surface area contributed by atoms with E-state index in [0.29, 0.717) is 6.07 Å². The van der Waals surface area contributed by atoms with Crippen LogP contribution in [0.5, 0.6) is 5.75 Å². The molecule has 1 rings (SSSR count). The van der Waals surface area contributed by atoms with Crippen LogP contribution in [0.15, 0.2) is 12.1 Å². The van der Waals surface area contributed by atoms with Crippen LogP contribution in [0, 0.1) is 5.82 Å². The SMILES string of the molecule is Nc1ccc(C(F)F)c(OC(F)(F)F)c1F. The van der Waals surface area contributed by atoms with E-state index in [4.69, 9.17) is 5.73 Å². The minimum atomic E-state index is -5.27. The summed E-state index contributed by atoms with van der Waals surface area (Å²) in [5.41, 5.74) is 3.03. The third kappa shape index (κ3) is 2.71. The Hall–Kier alpha value is -1.60. The Morgan fingerprint density at radius 3 is 2.19 bits per heavy atom. The highest BCUT2D eigenvalue weighted by atomic mass is 19.4. The number of alkyl halides is 5. The second kappa shape index (κ2) is 4.11. The average Bonchev–Trinajstić information content (AvgIpc) is 2.10. The molecule has 0 amide bonds. The molecule has 0 heterocycles. The summed E-state index contributed by atoms with van der Waals surface area (Å²) in [5.74, 6) is -3.25. The molecule has 0 aliphatic carbocycles. The van der Waals surface area contributed by atoms with Crippen LogP contribution in [0.2, 0.25) is 0 Å². The van der Waals surface area contributed by atoms with Gasteiger partial charge in [0.15, 0.2) is 11.6 Å². The van der Waals surface area contributed by atoms with E-state index in [1.807, 2.05) is 0 Å². The number of anilines is 1. The molecular weight excluding hydrogens is 240 g/mol. The van der Waals surface area contributed by atoms with Crippen LogP contribution in [0.4, 0.5) is 32.0 Å². The van der Waals surface area contributed by atoms with Gasteiger partial charge in [-0.25, -0.2) is 13.2 Å². The summed E-state index contributed by atoms with van der Waals surface area (Å²) in [6.07, 6.45) is -8.56. The van der Waals surface area contributed by atoms with Gasteiger partial charge in [-0.15, -0.1) is 13.2 Å². The second-order valence-electron chi connectivity index (χ2n) is 2.74. The minimum Gasteiger partial charge on any atom is -0.402 e. The topological polar surface area (TPSA) is 35.2 Å². The van der Waals surface area contributed by atoms with Crippen LogP contribution in [-0.4, -0.2) is 6.36 Å². The fourth-order valence-electron chi connectivity index (χ4n) is 0.978. The first-order valence-corrected chi connectivity index (χ1v) is 3.84. The summed E-state index contributed by atoms with van der Waals surface area (Å²) < 4.78 is 76.2. The van der Waals surface area contributed by atoms with Crippen molar-refractivity contribution in [2.24, 2.45) is 0 Å². The van der Waals surface area contributed by atoms with Crippen molar-refractivity contribution < 1.29 is 31.1 Å². The fraction of sp³-hybridized carbons (Fsp3) is 0.250. The van der Waals surface area contributed by atoms with Gasteiger partial charge >= 0.3 is 6.36 Å². The molecule has 0 aliphatic heterocycles. The number of ether oxygens (including phenoxy) is 1. The number of hydrogen-bond acceptors (Lipinski definition) is 2. The minimum absolute atomic E-state index is 0.574. The lowest BCUT2D eigenvalue weighted by atomic mass is 10.2. The van der Waals surface area contributed by atoms with Gasteiger partial charge in [0.1, 0.15) is 0 Å². The summed E-state index contributed by atoms with van der Waals surface area (Å²) in [6.45, 7) is 0. The molecule has 0 fully saturated rings. The Labute approximate surface area is 85.6 Å². The Morgan fingerprint density at radius 1 is 1.19 bits per heavy atom. The van der Waals surface area contributed by atoms with Crippen molar-refractivity contribution in [1.82, 2.24) is 0 Å². The maximum Gasteiger partial charge on any atom is 0.573 e. The summed E-state index contributed by atoms with van der Waals surface area (Å²) in [4.78, 5) is 0. The predicted molar refractivity (Wildman–Crippen MR) is 42.5 cm³/mol. The first-order valence-electron chi connectivity index (χ1n) is 3.84. The molecule has 0 spiro atoms. The molecule has 8 heteroatoms. The highest BCUT2D eigenvalue weighted by Crippen LogP contribution is 2.37. The van der Waals surface area contributed by atoms with Gasteiger partial charge in [0, 0.05) is 0 Å². The molecule has 16 heavy (non-hydrogen) atoms. The quantitative estimate of drug-likeness (QED) is 0.641. The molecule has 0 radical (unpaired) electrons. The number of hydrogen-bond donors (Lipinski definition) is 1. The van der Waals surface area contributed by atoms with Crippen molar-refractivity contribution in [3.8, 4) is 5.75 Å². The summed E-state index contributed by atoms with van der Waals surface area (Å²) in [5, 5.41) is 0. The van der Waals surface area contributed by atoms with Gasteiger partial charge < -0.3 is 10.5 Å². The lowest BCUT2D eigenvalue weighted by molar-refractivity contribution is -0.276. The van der Waals surface area contributed by atoms with E-state index in [9.17, 15) is 26.3 Å². The lowest BCUT2D eigenvalue weighted by Crippen LogP contribution is -2.19. The highest BCUT2D eigenvalue weighted by Gasteiger charge is 2.35. The van der Waals surface area contributed by atoms with E-state index >= 15 is 0 Å². The zero-order valence-corrected chi connectivity index (χ0v) is 7.49. The first kappa shape index (κ1) is 12.5. The summed E-state index contributed by atoms with van der Waals surface area (Å²) >= 11 is 0. The van der Waals surface area contributed by atoms with Gasteiger partial charge in [-0.2, -0.15) is 0 Å². The van der Waals surface area contributed by atoms with Gasteiger partial charge in [0.25, 0.3) is 6.43 Å². The van der Waals surface area contributed by atoms with Crippen molar-refractivity contribution in [2.45, 2.75) is 12.8 Å². The molecule has 0 aliphatic rings. The molecule has 1 aromatic rings. The number of nitrogens with two attached hydrogens (primary N) is 1. The van der Waals surface area contributed by atoms with Gasteiger partial charge in [0.05, 0.1) is 11.3 Å². The molecule has 0 unspecified atom stereocenters. The van der Waals surface area contributed by atoms with Crippen LogP contribution in [0.1, 0.15) is 12.0 Å². The van der Waals surface area contributed by atoms with Crippen LogP contribution in [-0.2, 0) is 0 Å². The van der Waals surface area contributed by atoms with Crippen molar-refractivity contribution >= 4 is 5.69 Å². The first-order chi connectivity index (χ1) is 7.22. The molecular formula is C8H5F6NO. The van der Waals surface area contributed by atoms with E-state index in [0.717, 1.165) is 6.07 Å². The Balaban J connectivity index is 3.26. The van der Waals surface area contributed by atoms with E-state index in [1.54, 1.807) is 0 Å². The third-order valence-electron chi connectivity index (χ3n) is 1.61. The van der Waals surface area contributed by atoms with Gasteiger partial charge in [0.2, 0.25) is 0 Å². The van der Waals surface area contributed by atoms with Gasteiger partial charge in [-0.3, -0.25) is 0 Å². The van der Waals surface area contributed by atoms with E-state index < -0.39 is 35.6 Å². The standard InChI is InChI=1S/C8H5F6NO/c9-5-4(15)2-1-3(7(10)11)6(5)16-8(12,13)14/h1-2,7H,15H2. The van der Waals surface area contributed by atoms with Crippen LogP contribution in [0.25, 0.3) is 0 Å². The Bertz CT molecular complexity index is 389. The third-order valence-corrected chi connectivity index (χ3v) is 1.61. The van der Waals surface area contributed by atoms with Crippen LogP contribution >= 0.6 is 0 Å². The van der Waals surface area contributed by atoms with Crippen LogP contribution < -0.4 is 10.5 Å². The Morgan fingerprint density at radius 2 is 1.75 bits per heavy atom. The zero-order chi connectivity index (χ0) is 12.5. The molecule has 1 aromatic carbocycles. The largest absolute Gasteiger partial charge is 0.573 e. The molecule has 90 valence electrons. The van der Waals surface area contributed by atoms with E-state index in [2.05, 4.69) is 4.74 Å². The lowest BCUT2D eigenvalue weighted by Gasteiger charge is -2.14. The average molecular weight is 245 g/mol. The smallest absolute Gasteiger partial charge is 0.402 e. The molecule has 0 saturated heterocycles. The van der Waals surface area contributed by atoms with Crippen LogP contribution in [0.3, 0.4) is 0 Å². The highest BCUT2D eigenvalue weighted by molar-refractivity contribution is 5.51. The normalized spacial score (nSPS) is 11.9. The number of nitrogen functional groups attached to an aromatic ring is 1. The van der Waals surface area contributed by atoms with Gasteiger partial charge in [-0.1, -0.05) is 0 Å². The van der Waals surface area contributed by atoms with Gasteiger partial charge in [-0.05, 0) is 12.1 Å². The molecule has 0 bridgehead atoms. The summed E-state index contributed by atoms with van der Waals surface area (Å²) in [6, 6.07) is 1.31. The number of benzene rings is 1. The predicted octanol–water partition coefficient (Wildman–Crippen LogP) is 3.24. The van der Waals surface area contributed by atoms with E-state index in [-0.39, 0.29) is 0 Å². The molecule has 0 atom stereocenters. The molecule has 2 N–H and O–H groups in total. The van der Waals surface area contributed by atoms with Crippen molar-refractivity contribution in [1.29, 1.82) is 0 Å². The molecule has 0 aromatic heterocycles.